The van der Waals surface area contributed by atoms with Crippen molar-refractivity contribution in [2.45, 2.75) is 12.8 Å². The number of rotatable bonds is 0. The van der Waals surface area contributed by atoms with E-state index < -0.39 is 0 Å². The van der Waals surface area contributed by atoms with Crippen LogP contribution in [0.5, 0.6) is 0 Å². The smallest absolute Gasteiger partial charge is 0.00484 e. The van der Waals surface area contributed by atoms with Crippen LogP contribution in [0.3, 0.4) is 0 Å². The van der Waals surface area contributed by atoms with Crippen molar-refractivity contribution in [1.29, 1.82) is 5.59 Å². The second-order valence-electron chi connectivity index (χ2n) is 1.46. The predicted octanol–water partition coefficient (Wildman–Crippen LogP) is 0.701. The Balaban J connectivity index is 0.000000162. The van der Waals surface area contributed by atoms with Crippen molar-refractivity contribution >= 4 is 0 Å². The first-order valence-corrected chi connectivity index (χ1v) is 2.41. The summed E-state index contributed by atoms with van der Waals surface area (Å²) in [5.74, 6) is 0. The quantitative estimate of drug-likeness (QED) is 0.442. The van der Waals surface area contributed by atoms with Crippen LogP contribution in [0.4, 0.5) is 0 Å². The molecular weight excluding hydrogens is 92.1 g/mol. The molecule has 42 valence electrons. The molecule has 3 nitrogen and oxygen atoms in total. The number of hydrogen-bond donors (Lipinski definition) is 2. The Morgan fingerprint density at radius 3 is 1.71 bits per heavy atom. The predicted molar refractivity (Wildman–Crippen MR) is 28.2 cm³/mol. The molecule has 0 spiro atoms. The standard InChI is InChI=1S/C4H9N.HNO/c1-2-4-5-3-1;1-2/h5H,1-4H2;1H. The van der Waals surface area contributed by atoms with E-state index in [2.05, 4.69) is 10.9 Å². The van der Waals surface area contributed by atoms with Gasteiger partial charge in [-0.1, -0.05) is 5.59 Å². The summed E-state index contributed by atoms with van der Waals surface area (Å²) >= 11 is 0. The summed E-state index contributed by atoms with van der Waals surface area (Å²) in [4.78, 5) is 7.50. The van der Waals surface area contributed by atoms with Gasteiger partial charge in [-0.3, -0.25) is 0 Å². The highest BCUT2D eigenvalue weighted by Crippen LogP contribution is 1.90. The fraction of sp³-hybridized carbons (Fsp3) is 1.00. The molecule has 0 unspecified atom stereocenters. The van der Waals surface area contributed by atoms with Crippen LogP contribution in [0, 0.1) is 10.5 Å². The van der Waals surface area contributed by atoms with Gasteiger partial charge in [0, 0.05) is 0 Å². The van der Waals surface area contributed by atoms with Gasteiger partial charge in [0.15, 0.2) is 0 Å². The molecule has 0 aromatic carbocycles. The van der Waals surface area contributed by atoms with Gasteiger partial charge in [0.1, 0.15) is 0 Å². The van der Waals surface area contributed by atoms with Crippen LogP contribution in [0.2, 0.25) is 0 Å². The molecule has 1 aliphatic rings. The molecule has 3 heteroatoms. The zero-order chi connectivity index (χ0) is 5.54. The van der Waals surface area contributed by atoms with Crippen LogP contribution in [0.25, 0.3) is 0 Å². The lowest BCUT2D eigenvalue weighted by atomic mass is 10.4. The van der Waals surface area contributed by atoms with Crippen molar-refractivity contribution < 1.29 is 0 Å². The molecule has 0 atom stereocenters. The van der Waals surface area contributed by atoms with Gasteiger partial charge in [0.05, 0.1) is 0 Å². The van der Waals surface area contributed by atoms with Crippen molar-refractivity contribution in [2.75, 3.05) is 13.1 Å². The first-order valence-electron chi connectivity index (χ1n) is 2.41. The molecule has 0 bridgehead atoms. The second-order valence-corrected chi connectivity index (χ2v) is 1.46. The van der Waals surface area contributed by atoms with Crippen LogP contribution in [-0.2, 0) is 0 Å². The monoisotopic (exact) mass is 102 g/mol. The number of hydrogen-bond acceptors (Lipinski definition) is 3. The van der Waals surface area contributed by atoms with Gasteiger partial charge in [-0.05, 0) is 25.9 Å². The summed E-state index contributed by atoms with van der Waals surface area (Å²) < 4.78 is 0. The first-order chi connectivity index (χ1) is 3.50. The Morgan fingerprint density at radius 1 is 1.14 bits per heavy atom. The molecular formula is C4H10N2O. The van der Waals surface area contributed by atoms with E-state index in [1.807, 2.05) is 0 Å². The van der Waals surface area contributed by atoms with Crippen LogP contribution in [-0.4, -0.2) is 13.1 Å². The van der Waals surface area contributed by atoms with Gasteiger partial charge >= 0.3 is 0 Å². The van der Waals surface area contributed by atoms with E-state index in [4.69, 9.17) is 4.91 Å². The third kappa shape index (κ3) is 3.39. The molecule has 0 radical (unpaired) electrons. The van der Waals surface area contributed by atoms with Crippen LogP contribution >= 0.6 is 0 Å². The fourth-order valence-electron chi connectivity index (χ4n) is 0.625. The molecule has 0 aromatic rings. The zero-order valence-corrected chi connectivity index (χ0v) is 4.24. The molecule has 1 saturated heterocycles. The van der Waals surface area contributed by atoms with Crippen LogP contribution in [0.1, 0.15) is 12.8 Å². The van der Waals surface area contributed by atoms with E-state index in [0.717, 1.165) is 0 Å². The average Bonchev–Trinajstić information content (AvgIpc) is 2.23. The lowest BCUT2D eigenvalue weighted by Crippen LogP contribution is -2.03. The Bertz CT molecular complexity index is 29.1. The summed E-state index contributed by atoms with van der Waals surface area (Å²) in [7, 11) is 0. The Morgan fingerprint density at radius 2 is 1.57 bits per heavy atom. The molecule has 0 aromatic heterocycles. The maximum atomic E-state index is 7.50. The molecule has 1 aliphatic heterocycles. The maximum Gasteiger partial charge on any atom is -0.00484 e. The molecule has 2 N–H and O–H groups in total. The molecule has 7 heavy (non-hydrogen) atoms. The normalized spacial score (nSPS) is 17.7. The highest BCUT2D eigenvalue weighted by molar-refractivity contribution is 4.55. The first kappa shape index (κ1) is 6.56. The van der Waals surface area contributed by atoms with Crippen LogP contribution in [0.15, 0.2) is 0 Å². The highest BCUT2D eigenvalue weighted by atomic mass is 16.2. The number of nitrogens with one attached hydrogen (secondary N) is 2. The zero-order valence-electron chi connectivity index (χ0n) is 4.24. The highest BCUT2D eigenvalue weighted by Gasteiger charge is 1.93. The van der Waals surface area contributed by atoms with E-state index in [1.165, 1.54) is 25.9 Å². The minimum Gasteiger partial charge on any atom is -0.317 e. The topological polar surface area (TPSA) is 53.0 Å². The Kier molecular flexibility index (Phi) is 5.21. The third-order valence-electron chi connectivity index (χ3n) is 0.957. The van der Waals surface area contributed by atoms with Gasteiger partial charge in [0.25, 0.3) is 0 Å². The van der Waals surface area contributed by atoms with E-state index in [1.54, 1.807) is 0 Å². The molecule has 0 saturated carbocycles. The van der Waals surface area contributed by atoms with E-state index in [-0.39, 0.29) is 0 Å². The third-order valence-corrected chi connectivity index (χ3v) is 0.957. The van der Waals surface area contributed by atoms with Crippen molar-refractivity contribution in [2.24, 2.45) is 0 Å². The largest absolute Gasteiger partial charge is 0.317 e. The van der Waals surface area contributed by atoms with Crippen molar-refractivity contribution in [3.63, 3.8) is 0 Å². The summed E-state index contributed by atoms with van der Waals surface area (Å²) in [6, 6.07) is 0. The SMILES string of the molecule is C1CCNC1.N=O. The molecule has 0 amide bonds. The van der Waals surface area contributed by atoms with Crippen LogP contribution < -0.4 is 5.32 Å². The molecule has 1 fully saturated rings. The van der Waals surface area contributed by atoms with Crippen molar-refractivity contribution in [3.8, 4) is 0 Å². The van der Waals surface area contributed by atoms with Crippen molar-refractivity contribution in [1.82, 2.24) is 5.32 Å². The van der Waals surface area contributed by atoms with Gasteiger partial charge < -0.3 is 5.32 Å². The summed E-state index contributed by atoms with van der Waals surface area (Å²) in [5, 5.41) is 3.22. The number of nitroso groups, excluding NO2 is 1. The lowest BCUT2D eigenvalue weighted by Gasteiger charge is -1.76. The molecule has 0 aliphatic carbocycles. The summed E-state index contributed by atoms with van der Waals surface area (Å²) in [5.41, 5.74) is 4.50. The maximum absolute atomic E-state index is 7.50. The van der Waals surface area contributed by atoms with E-state index >= 15 is 0 Å². The van der Waals surface area contributed by atoms with E-state index in [0.29, 0.717) is 0 Å². The molecule has 1 heterocycles. The summed E-state index contributed by atoms with van der Waals surface area (Å²) in [6.07, 6.45) is 2.78. The lowest BCUT2D eigenvalue weighted by molar-refractivity contribution is 0.857. The van der Waals surface area contributed by atoms with Gasteiger partial charge in [-0.25, -0.2) is 0 Å². The van der Waals surface area contributed by atoms with Gasteiger partial charge in [-0.2, -0.15) is 4.91 Å². The average molecular weight is 102 g/mol. The van der Waals surface area contributed by atoms with Gasteiger partial charge in [0.2, 0.25) is 0 Å². The Labute approximate surface area is 42.9 Å². The van der Waals surface area contributed by atoms with E-state index in [9.17, 15) is 0 Å². The Hall–Kier alpha value is -0.440. The van der Waals surface area contributed by atoms with Crippen molar-refractivity contribution in [3.05, 3.63) is 4.91 Å². The minimum atomic E-state index is 1.25. The minimum absolute atomic E-state index is 1.25. The van der Waals surface area contributed by atoms with Gasteiger partial charge in [-0.15, -0.1) is 0 Å². The fourth-order valence-corrected chi connectivity index (χ4v) is 0.625. The molecule has 1 rings (SSSR count). The summed E-state index contributed by atoms with van der Waals surface area (Å²) in [6.45, 7) is 2.50. The second kappa shape index (κ2) is 5.56.